The predicted molar refractivity (Wildman–Crippen MR) is 116 cm³/mol. The Morgan fingerprint density at radius 2 is 1.97 bits per heavy atom. The molecule has 0 spiro atoms. The number of halogens is 1. The molecule has 0 aromatic heterocycles. The molecule has 0 fully saturated rings. The van der Waals surface area contributed by atoms with Crippen LogP contribution in [0.3, 0.4) is 0 Å². The molecule has 1 N–H and O–H groups in total. The number of amides is 2. The van der Waals surface area contributed by atoms with Crippen LogP contribution in [0.4, 0.5) is 11.4 Å². The fourth-order valence-electron chi connectivity index (χ4n) is 3.22. The molecule has 2 amide bonds. The van der Waals surface area contributed by atoms with Crippen molar-refractivity contribution in [3.05, 3.63) is 82.9 Å². The van der Waals surface area contributed by atoms with E-state index in [4.69, 9.17) is 21.1 Å². The lowest BCUT2D eigenvalue weighted by molar-refractivity contribution is -0.121. The number of hydrogen-bond acceptors (Lipinski definition) is 4. The zero-order valence-electron chi connectivity index (χ0n) is 16.2. The van der Waals surface area contributed by atoms with Gasteiger partial charge in [0.05, 0.1) is 19.3 Å². The first-order valence-corrected chi connectivity index (χ1v) is 9.69. The van der Waals surface area contributed by atoms with Crippen LogP contribution in [-0.4, -0.2) is 25.5 Å². The molecular weight excluding hydrogens is 404 g/mol. The van der Waals surface area contributed by atoms with Gasteiger partial charge in [0.1, 0.15) is 11.5 Å². The van der Waals surface area contributed by atoms with E-state index in [2.05, 4.69) is 5.32 Å². The number of benzene rings is 3. The second-order valence-corrected chi connectivity index (χ2v) is 7.14. The minimum atomic E-state index is -0.283. The lowest BCUT2D eigenvalue weighted by Gasteiger charge is -2.30. The molecule has 152 valence electrons. The molecule has 0 atom stereocenters. The van der Waals surface area contributed by atoms with E-state index in [9.17, 15) is 9.59 Å². The smallest absolute Gasteiger partial charge is 0.265 e. The summed E-state index contributed by atoms with van der Waals surface area (Å²) in [4.78, 5) is 26.8. The van der Waals surface area contributed by atoms with Crippen molar-refractivity contribution in [3.63, 3.8) is 0 Å². The third-order valence-electron chi connectivity index (χ3n) is 4.78. The summed E-state index contributed by atoms with van der Waals surface area (Å²) in [5.41, 5.74) is 2.41. The summed E-state index contributed by atoms with van der Waals surface area (Å²) in [6.45, 7) is 0.259. The van der Waals surface area contributed by atoms with Crippen molar-refractivity contribution >= 4 is 34.8 Å². The molecule has 1 aliphatic rings. The number of hydrogen-bond donors (Lipinski definition) is 1. The van der Waals surface area contributed by atoms with E-state index >= 15 is 0 Å². The van der Waals surface area contributed by atoms with Crippen LogP contribution in [0.2, 0.25) is 5.02 Å². The van der Waals surface area contributed by atoms with Gasteiger partial charge in [0, 0.05) is 16.3 Å². The third-order valence-corrected chi connectivity index (χ3v) is 5.15. The Kier molecular flexibility index (Phi) is 5.59. The number of carbonyl (C=O) groups is 2. The van der Waals surface area contributed by atoms with Crippen LogP contribution in [0, 0.1) is 0 Å². The molecule has 6 nitrogen and oxygen atoms in total. The molecule has 1 aliphatic heterocycles. The Morgan fingerprint density at radius 3 is 2.77 bits per heavy atom. The van der Waals surface area contributed by atoms with Crippen LogP contribution in [0.5, 0.6) is 11.5 Å². The van der Waals surface area contributed by atoms with Gasteiger partial charge in [0.2, 0.25) is 0 Å². The number of carbonyl (C=O) groups excluding carboxylic acids is 2. The first-order valence-electron chi connectivity index (χ1n) is 9.31. The molecule has 1 heterocycles. The first-order chi connectivity index (χ1) is 14.5. The molecule has 30 heavy (non-hydrogen) atoms. The predicted octanol–water partition coefficient (Wildman–Crippen LogP) is 4.53. The van der Waals surface area contributed by atoms with E-state index in [0.29, 0.717) is 40.0 Å². The van der Waals surface area contributed by atoms with Crippen LogP contribution in [-0.2, 0) is 11.3 Å². The van der Waals surface area contributed by atoms with E-state index in [1.54, 1.807) is 60.5 Å². The standard InChI is InChI=1S/C23H19ClN2O4/c1-29-18-7-4-6-15(11-18)23(28)25-17-9-10-21-20(12-17)26(22(27)14-30-21)13-16-5-2-3-8-19(16)24/h2-12H,13-14H2,1H3,(H,25,28). The summed E-state index contributed by atoms with van der Waals surface area (Å²) in [6, 6.07) is 19.4. The number of rotatable bonds is 5. The number of methoxy groups -OCH3 is 1. The van der Waals surface area contributed by atoms with Crippen LogP contribution in [0.15, 0.2) is 66.7 Å². The number of nitrogens with one attached hydrogen (secondary N) is 1. The summed E-state index contributed by atoms with van der Waals surface area (Å²) in [5.74, 6) is 0.701. The Hall–Kier alpha value is -3.51. The van der Waals surface area contributed by atoms with Gasteiger partial charge < -0.3 is 19.7 Å². The van der Waals surface area contributed by atoms with Gasteiger partial charge in [-0.3, -0.25) is 9.59 Å². The van der Waals surface area contributed by atoms with Crippen LogP contribution in [0.25, 0.3) is 0 Å². The van der Waals surface area contributed by atoms with Gasteiger partial charge in [-0.1, -0.05) is 35.9 Å². The quantitative estimate of drug-likeness (QED) is 0.656. The molecule has 0 radical (unpaired) electrons. The second-order valence-electron chi connectivity index (χ2n) is 6.73. The largest absolute Gasteiger partial charge is 0.497 e. The third kappa shape index (κ3) is 4.09. The highest BCUT2D eigenvalue weighted by Crippen LogP contribution is 2.36. The monoisotopic (exact) mass is 422 g/mol. The fourth-order valence-corrected chi connectivity index (χ4v) is 3.41. The van der Waals surface area contributed by atoms with Crippen molar-refractivity contribution < 1.29 is 19.1 Å². The van der Waals surface area contributed by atoms with Crippen molar-refractivity contribution in [1.82, 2.24) is 0 Å². The average molecular weight is 423 g/mol. The Bertz CT molecular complexity index is 1120. The van der Waals surface area contributed by atoms with Gasteiger partial charge in [0.15, 0.2) is 6.61 Å². The normalized spacial score (nSPS) is 12.7. The van der Waals surface area contributed by atoms with Gasteiger partial charge in [-0.25, -0.2) is 0 Å². The molecular formula is C23H19ClN2O4. The first kappa shape index (κ1) is 19.8. The van der Waals surface area contributed by atoms with Gasteiger partial charge >= 0.3 is 0 Å². The van der Waals surface area contributed by atoms with Gasteiger partial charge in [-0.15, -0.1) is 0 Å². The molecule has 0 aliphatic carbocycles. The molecule has 0 unspecified atom stereocenters. The van der Waals surface area contributed by atoms with E-state index in [0.717, 1.165) is 5.56 Å². The SMILES string of the molecule is COc1cccc(C(=O)Nc2ccc3c(c2)N(Cc2ccccc2Cl)C(=O)CO3)c1. The summed E-state index contributed by atoms with van der Waals surface area (Å²) in [6.07, 6.45) is 0. The topological polar surface area (TPSA) is 67.9 Å². The van der Waals surface area contributed by atoms with Gasteiger partial charge in [0.25, 0.3) is 11.8 Å². The van der Waals surface area contributed by atoms with E-state index in [1.165, 1.54) is 0 Å². The maximum Gasteiger partial charge on any atom is 0.265 e. The minimum Gasteiger partial charge on any atom is -0.497 e. The van der Waals surface area contributed by atoms with E-state index < -0.39 is 0 Å². The second kappa shape index (κ2) is 8.47. The summed E-state index contributed by atoms with van der Waals surface area (Å²) in [5, 5.41) is 3.44. The number of fused-ring (bicyclic) bond motifs is 1. The maximum absolute atomic E-state index is 12.6. The molecule has 0 bridgehead atoms. The van der Waals surface area contributed by atoms with Crippen LogP contribution < -0.4 is 19.7 Å². The summed E-state index contributed by atoms with van der Waals surface area (Å²) in [7, 11) is 1.55. The average Bonchev–Trinajstić information content (AvgIpc) is 2.77. The number of ether oxygens (including phenoxy) is 2. The molecule has 0 saturated carbocycles. The van der Waals surface area contributed by atoms with Crippen LogP contribution >= 0.6 is 11.6 Å². The Labute approximate surface area is 179 Å². The highest BCUT2D eigenvalue weighted by Gasteiger charge is 2.26. The van der Waals surface area contributed by atoms with Crippen molar-refractivity contribution in [2.75, 3.05) is 23.9 Å². The minimum absolute atomic E-state index is 0.0486. The van der Waals surface area contributed by atoms with Gasteiger partial charge in [-0.05, 0) is 48.0 Å². The van der Waals surface area contributed by atoms with Crippen LogP contribution in [0.1, 0.15) is 15.9 Å². The van der Waals surface area contributed by atoms with Crippen molar-refractivity contribution in [2.24, 2.45) is 0 Å². The Morgan fingerprint density at radius 1 is 1.13 bits per heavy atom. The molecule has 3 aromatic carbocycles. The van der Waals surface area contributed by atoms with E-state index in [1.807, 2.05) is 18.2 Å². The van der Waals surface area contributed by atoms with Crippen molar-refractivity contribution in [1.29, 1.82) is 0 Å². The fraction of sp³-hybridized carbons (Fsp3) is 0.130. The zero-order chi connectivity index (χ0) is 21.1. The molecule has 4 rings (SSSR count). The molecule has 7 heteroatoms. The highest BCUT2D eigenvalue weighted by molar-refractivity contribution is 6.31. The van der Waals surface area contributed by atoms with Crippen molar-refractivity contribution in [3.8, 4) is 11.5 Å². The number of nitrogens with zero attached hydrogens (tertiary/aromatic N) is 1. The maximum atomic E-state index is 12.6. The molecule has 3 aromatic rings. The summed E-state index contributed by atoms with van der Waals surface area (Å²) < 4.78 is 10.7. The molecule has 0 saturated heterocycles. The van der Waals surface area contributed by atoms with Gasteiger partial charge in [-0.2, -0.15) is 0 Å². The van der Waals surface area contributed by atoms with E-state index in [-0.39, 0.29) is 18.4 Å². The highest BCUT2D eigenvalue weighted by atomic mass is 35.5. The number of anilines is 2. The van der Waals surface area contributed by atoms with Crippen molar-refractivity contribution in [2.45, 2.75) is 6.54 Å². The lowest BCUT2D eigenvalue weighted by atomic mass is 10.1. The Balaban J connectivity index is 1.61. The zero-order valence-corrected chi connectivity index (χ0v) is 17.0. The summed E-state index contributed by atoms with van der Waals surface area (Å²) >= 11 is 6.27. The lowest BCUT2D eigenvalue weighted by Crippen LogP contribution is -2.38.